The van der Waals surface area contributed by atoms with Gasteiger partial charge in [0.15, 0.2) is 31.3 Å². The molecule has 4 aliphatic rings. The van der Waals surface area contributed by atoms with Gasteiger partial charge in [0.05, 0.1) is 66.7 Å². The third kappa shape index (κ3) is 19.9. The molecule has 10 aromatic rings. The average molecular weight is 2090 g/mol. The minimum Gasteiger partial charge on any atom is -0.870 e. The van der Waals surface area contributed by atoms with Crippen molar-refractivity contribution >= 4 is 125 Å². The van der Waals surface area contributed by atoms with Crippen LogP contribution in [0.2, 0.25) is 10.0 Å². The molecule has 0 bridgehead atoms. The molecule has 43 heteroatoms. The number of hydrogen-bond acceptors (Lipinski definition) is 15. The van der Waals surface area contributed by atoms with Crippen LogP contribution in [0, 0.1) is 72.6 Å². The van der Waals surface area contributed by atoms with Gasteiger partial charge in [0.1, 0.15) is 81.7 Å². The largest absolute Gasteiger partial charge is 1.00 e. The second-order valence-corrected chi connectivity index (χ2v) is 51.9. The van der Waals surface area contributed by atoms with Crippen molar-refractivity contribution in [2.45, 2.75) is 151 Å². The molecule has 21 nitrogen and oxygen atoms in total. The number of hydrogen-bond donors (Lipinski definition) is 4. The van der Waals surface area contributed by atoms with Crippen molar-refractivity contribution in [3.63, 3.8) is 0 Å². The maximum atomic E-state index is 15.4. The average Bonchev–Trinajstić information content (AvgIpc) is 1.53. The minimum absolute atomic E-state index is 0. The molecule has 4 aromatic carbocycles. The maximum Gasteiger partial charge on any atom is 1.00 e. The van der Waals surface area contributed by atoms with E-state index in [1.165, 1.54) is 76.2 Å². The molecule has 2 amide bonds. The van der Waals surface area contributed by atoms with E-state index in [-0.39, 0.29) is 171 Å². The normalized spacial score (nSPS) is 17.3. The first-order valence-corrected chi connectivity index (χ1v) is 52.2. The van der Waals surface area contributed by atoms with Gasteiger partial charge in [-0.25, -0.2) is 44.4 Å². The second kappa shape index (κ2) is 34.9. The van der Waals surface area contributed by atoms with Crippen LogP contribution in [0.25, 0.3) is 44.1 Å². The summed E-state index contributed by atoms with van der Waals surface area (Å²) < 4.78 is 253. The maximum absolute atomic E-state index is 15.4. The van der Waals surface area contributed by atoms with Crippen molar-refractivity contribution in [3.8, 4) is 45.9 Å². The van der Waals surface area contributed by atoms with Gasteiger partial charge in [-0.3, -0.25) is 28.3 Å². The van der Waals surface area contributed by atoms with E-state index in [0.717, 1.165) is 46.1 Å². The zero-order valence-corrected chi connectivity index (χ0v) is 75.3. The Labute approximate surface area is 733 Å². The Morgan fingerprint density at radius 1 is 0.563 bits per heavy atom. The van der Waals surface area contributed by atoms with Crippen LogP contribution >= 0.6 is 60.4 Å². The van der Waals surface area contributed by atoms with Crippen molar-refractivity contribution in [2.24, 2.45) is 11.8 Å². The fourth-order valence-corrected chi connectivity index (χ4v) is 15.6. The van der Waals surface area contributed by atoms with E-state index >= 15 is 17.6 Å². The summed E-state index contributed by atoms with van der Waals surface area (Å²) in [4.78, 5) is 37.2. The summed E-state index contributed by atoms with van der Waals surface area (Å²) in [5.74, 6) is -4.50. The number of anilines is 2. The van der Waals surface area contributed by atoms with Crippen LogP contribution in [0.15, 0.2) is 84.9 Å². The Morgan fingerprint density at radius 2 is 0.882 bits per heavy atom. The van der Waals surface area contributed by atoms with E-state index in [1.807, 2.05) is 0 Å². The molecule has 2 fully saturated rings. The predicted molar refractivity (Wildman–Crippen MR) is 424 cm³/mol. The second-order valence-electron chi connectivity index (χ2n) is 29.7. The first kappa shape index (κ1) is 94.1. The molecular weight excluding hydrogens is 2030 g/mol. The molecule has 630 valence electrons. The Kier molecular flexibility index (Phi) is 27.6. The van der Waals surface area contributed by atoms with E-state index in [4.69, 9.17) is 34.7 Å². The summed E-state index contributed by atoms with van der Waals surface area (Å²) in [5, 5.41) is 21.6. The number of halogens is 19. The molecule has 0 radical (unpaired) electrons. The number of nitrogens with zero attached hydrogens (tertiary/aromatic N) is 10. The van der Waals surface area contributed by atoms with Gasteiger partial charge >= 0.3 is 92.4 Å². The number of nitrogen functional groups attached to an aromatic ring is 2. The molecule has 2 saturated carbocycles. The fourth-order valence-electron chi connectivity index (χ4n) is 14.6. The van der Waals surface area contributed by atoms with Crippen molar-refractivity contribution in [1.29, 1.82) is 0 Å². The van der Waals surface area contributed by atoms with Gasteiger partial charge in [0.2, 0.25) is 11.8 Å². The number of nitrogens with one attached hydrogen (secondary N) is 2. The summed E-state index contributed by atoms with van der Waals surface area (Å²) in [6, 6.07) is 13.5. The number of carbonyl (C=O) groups excluding carboxylic acids is 2. The molecule has 6 aromatic heterocycles. The third-order valence-electron chi connectivity index (χ3n) is 20.5. The molecule has 4 aliphatic carbocycles. The molecule has 6 heterocycles. The summed E-state index contributed by atoms with van der Waals surface area (Å²) in [6.45, 7) is 4.05. The van der Waals surface area contributed by atoms with Gasteiger partial charge < -0.3 is 27.6 Å². The van der Waals surface area contributed by atoms with E-state index in [1.54, 1.807) is 13.8 Å². The molecule has 0 aliphatic heterocycles. The van der Waals surface area contributed by atoms with Gasteiger partial charge in [-0.15, -0.1) is 0 Å². The molecule has 119 heavy (non-hydrogen) atoms. The number of amides is 2. The number of rotatable bonds is 18. The smallest absolute Gasteiger partial charge is 0.870 e. The van der Waals surface area contributed by atoms with Gasteiger partial charge in [0, 0.05) is 69.9 Å². The van der Waals surface area contributed by atoms with Crippen LogP contribution < -0.4 is 64.9 Å². The number of fused-ring (bicyclic) bond motifs is 8. The van der Waals surface area contributed by atoms with Gasteiger partial charge in [-0.1, -0.05) is 47.2 Å². The molecular formula is C76H67Cl2F14I3N14NaO7S2-. The summed E-state index contributed by atoms with van der Waals surface area (Å²) in [7, 11) is -7.44. The van der Waals surface area contributed by atoms with Gasteiger partial charge in [0.25, 0.3) is 11.8 Å². The molecule has 0 spiro atoms. The summed E-state index contributed by atoms with van der Waals surface area (Å²) >= 11 is 18.1. The third-order valence-corrected chi connectivity index (χ3v) is 25.1. The number of alkyl halides is 10. The van der Waals surface area contributed by atoms with Crippen molar-refractivity contribution in [1.82, 2.24) is 59.7 Å². The number of nitrogens with two attached hydrogens (primary N) is 2. The Hall–Kier alpha value is -7.15. The SMILES string of the molecule is Cc1nn(CC(=O)N[C@@H](Cc2cc(F)cc(F)c2)c2nc(C#CC(C)(C)S(C)(=O)=O)ccc2-c2ccc(Cl)c3c(N)nn(CC(F)(F)F)c23)c2c1[C@H]1C[C@H]1C2(F)F.Cc1nn(CC(=O)N[C@@H](Cc2cc(F)cc(F)c2)c2nc(C#CC(C)(C)S(C)(=O)=O)ccc2-c2ccc(Cl)c3c(N)nn(CC(F)(F)F)c23)c2c1[C@H]1C[C@H]1C2(F)F.I[I-]I.[Na+].[OH-]. The first-order valence-electron chi connectivity index (χ1n) is 35.1. The predicted octanol–water partition coefficient (Wildman–Crippen LogP) is 9.93. The van der Waals surface area contributed by atoms with E-state index < -0.39 is 139 Å². The van der Waals surface area contributed by atoms with Crippen molar-refractivity contribution < 1.29 is 136 Å². The Balaban J connectivity index is 0.000000238. The number of carbonyl (C=O) groups is 2. The van der Waals surface area contributed by atoms with Crippen LogP contribution in [-0.4, -0.2) is 118 Å². The molecule has 7 N–H and O–H groups in total. The Morgan fingerprint density at radius 3 is 1.19 bits per heavy atom. The van der Waals surface area contributed by atoms with Crippen molar-refractivity contribution in [3.05, 3.63) is 186 Å². The van der Waals surface area contributed by atoms with E-state index in [2.05, 4.69) is 102 Å². The number of pyridine rings is 2. The first-order chi connectivity index (χ1) is 54.3. The number of aryl methyl sites for hydroxylation is 2. The van der Waals surface area contributed by atoms with Gasteiger partial charge in [-0.05, 0) is 163 Å². The van der Waals surface area contributed by atoms with Crippen molar-refractivity contribution in [2.75, 3.05) is 24.0 Å². The summed E-state index contributed by atoms with van der Waals surface area (Å²) in [6.07, 6.45) is -7.73. The molecule has 14 rings (SSSR count). The van der Waals surface area contributed by atoms with Crippen LogP contribution in [0.4, 0.5) is 73.1 Å². The Bertz CT molecular complexity index is 5700. The summed E-state index contributed by atoms with van der Waals surface area (Å²) in [5.41, 5.74) is 12.5. The molecule has 0 saturated heterocycles. The number of sulfone groups is 2. The standard InChI is InChI=1S/2C38H33ClF7N7O3S.I3.Na.H2O/c2*1-18-30-25-15-26(25)38(45,46)34(30)52(50-18)16-29(54)49-28(13-19-11-20(40)14-21(41)12-19)32-23(6-5-22(48-32)9-10-36(2,3)57(4,55)56)24-7-8-27(39)31-33(24)53(51-35(31)47)17-37(42,43)44;1-3-2;;/h2*5-8,11-12,14,25-26,28H,13,15-17H2,1-4H3,(H2,47,51)(H,49,54);;;1H2/q;;-1;+1;/p-1/t2*25-,26+,28-;;;/m00.../s1. The van der Waals surface area contributed by atoms with Crippen LogP contribution in [-0.2, 0) is 80.1 Å². The molecule has 0 unspecified atom stereocenters. The number of aromatic nitrogens is 10. The van der Waals surface area contributed by atoms with Crippen LogP contribution in [0.3, 0.4) is 0 Å². The topological polar surface area (TPSA) is 306 Å². The molecule has 6 atom stereocenters. The van der Waals surface area contributed by atoms with Gasteiger partial charge in [-0.2, -0.15) is 64.3 Å². The van der Waals surface area contributed by atoms with E-state index in [0.29, 0.717) is 70.1 Å². The number of benzene rings is 4. The zero-order chi connectivity index (χ0) is 85.8. The minimum atomic E-state index is -4.77. The van der Waals surface area contributed by atoms with Crippen LogP contribution in [0.1, 0.15) is 132 Å². The fraction of sp³-hybridized carbons (Fsp3) is 0.368. The quantitative estimate of drug-likeness (QED) is 0.0269. The monoisotopic (exact) mass is 2090 g/mol. The van der Waals surface area contributed by atoms with Crippen LogP contribution in [0.5, 0.6) is 0 Å². The van der Waals surface area contributed by atoms with E-state index in [9.17, 15) is 70.3 Å². The zero-order valence-electron chi connectivity index (χ0n) is 63.7.